The summed E-state index contributed by atoms with van der Waals surface area (Å²) >= 11 is 0. The molecule has 0 atom stereocenters. The molecule has 0 amide bonds. The molecular weight excluding hydrogens is 383 g/mol. The molecule has 31 heavy (non-hydrogen) atoms. The summed E-state index contributed by atoms with van der Waals surface area (Å²) in [6, 6.07) is 32.8. The van der Waals surface area contributed by atoms with E-state index in [0.717, 1.165) is 38.7 Å². The maximum atomic E-state index is 9.66. The molecule has 148 valence electrons. The lowest BCUT2D eigenvalue weighted by Crippen LogP contribution is -2.29. The van der Waals surface area contributed by atoms with Crippen LogP contribution in [0.4, 0.5) is 0 Å². The minimum Gasteiger partial charge on any atom is -0.423 e. The zero-order valence-electron chi connectivity index (χ0n) is 16.7. The summed E-state index contributed by atoms with van der Waals surface area (Å²) in [5.74, 6) is 0. The van der Waals surface area contributed by atoms with Gasteiger partial charge >= 0.3 is 7.12 Å². The smallest absolute Gasteiger partial charge is 0.423 e. The Hall–Kier alpha value is -3.80. The predicted molar refractivity (Wildman–Crippen MR) is 127 cm³/mol. The molecule has 0 saturated heterocycles. The number of aromatic nitrogens is 2. The van der Waals surface area contributed by atoms with Gasteiger partial charge in [-0.3, -0.25) is 0 Å². The summed E-state index contributed by atoms with van der Waals surface area (Å²) in [6.07, 6.45) is 2.10. The Morgan fingerprint density at radius 3 is 2.19 bits per heavy atom. The van der Waals surface area contributed by atoms with Crippen LogP contribution < -0.4 is 5.46 Å². The van der Waals surface area contributed by atoms with Gasteiger partial charge in [0.1, 0.15) is 0 Å². The Morgan fingerprint density at radius 2 is 1.35 bits per heavy atom. The minimum absolute atomic E-state index is 0.490. The molecule has 6 aromatic rings. The summed E-state index contributed by atoms with van der Waals surface area (Å²) in [5.41, 5.74) is 5.92. The average molecular weight is 402 g/mol. The Kier molecular flexibility index (Phi) is 4.00. The molecule has 0 bridgehead atoms. The highest BCUT2D eigenvalue weighted by atomic mass is 16.4. The van der Waals surface area contributed by atoms with E-state index in [2.05, 4.69) is 63.9 Å². The van der Waals surface area contributed by atoms with Crippen LogP contribution in [0.15, 0.2) is 103 Å². The summed E-state index contributed by atoms with van der Waals surface area (Å²) in [5, 5.41) is 22.6. The predicted octanol–water partition coefficient (Wildman–Crippen LogP) is 4.41. The highest BCUT2D eigenvalue weighted by molar-refractivity contribution is 6.59. The molecule has 5 heteroatoms. The molecule has 0 aliphatic carbocycles. The fourth-order valence-electron chi connectivity index (χ4n) is 4.50. The summed E-state index contributed by atoms with van der Waals surface area (Å²) in [7, 11) is -1.49. The Morgan fingerprint density at radius 1 is 0.581 bits per heavy atom. The van der Waals surface area contributed by atoms with Crippen molar-refractivity contribution in [1.29, 1.82) is 0 Å². The second-order valence-electron chi connectivity index (χ2n) is 7.77. The second-order valence-corrected chi connectivity index (χ2v) is 7.77. The number of benzene rings is 4. The Labute approximate surface area is 179 Å². The number of para-hydroxylation sites is 2. The normalized spacial score (nSPS) is 11.5. The molecule has 6 rings (SSSR count). The zero-order chi connectivity index (χ0) is 20.9. The van der Waals surface area contributed by atoms with Gasteiger partial charge in [0.15, 0.2) is 0 Å². The van der Waals surface area contributed by atoms with Gasteiger partial charge in [0.2, 0.25) is 0 Å². The third-order valence-corrected chi connectivity index (χ3v) is 5.96. The third kappa shape index (κ3) is 2.79. The van der Waals surface area contributed by atoms with Crippen LogP contribution in [0.25, 0.3) is 44.1 Å². The maximum absolute atomic E-state index is 9.66. The number of hydrogen-bond acceptors (Lipinski definition) is 2. The van der Waals surface area contributed by atoms with Gasteiger partial charge in [-0.05, 0) is 47.9 Å². The quantitative estimate of drug-likeness (QED) is 0.431. The van der Waals surface area contributed by atoms with Crippen molar-refractivity contribution in [3.8, 4) is 11.4 Å². The van der Waals surface area contributed by atoms with E-state index in [-0.39, 0.29) is 0 Å². The first kappa shape index (κ1) is 18.0. The number of rotatable bonds is 3. The van der Waals surface area contributed by atoms with Crippen LogP contribution in [0.2, 0.25) is 0 Å². The minimum atomic E-state index is -1.49. The van der Waals surface area contributed by atoms with E-state index in [4.69, 9.17) is 0 Å². The van der Waals surface area contributed by atoms with Crippen LogP contribution in [0, 0.1) is 0 Å². The van der Waals surface area contributed by atoms with Crippen molar-refractivity contribution in [3.63, 3.8) is 0 Å². The number of fused-ring (bicyclic) bond motifs is 4. The molecule has 2 N–H and O–H groups in total. The second kappa shape index (κ2) is 6.88. The molecule has 0 fully saturated rings. The van der Waals surface area contributed by atoms with Gasteiger partial charge < -0.3 is 19.2 Å². The lowest BCUT2D eigenvalue weighted by Gasteiger charge is -2.11. The third-order valence-electron chi connectivity index (χ3n) is 5.96. The molecule has 0 aliphatic rings. The van der Waals surface area contributed by atoms with Gasteiger partial charge in [-0.2, -0.15) is 0 Å². The van der Waals surface area contributed by atoms with E-state index < -0.39 is 7.12 Å². The van der Waals surface area contributed by atoms with Crippen LogP contribution in [0.3, 0.4) is 0 Å². The van der Waals surface area contributed by atoms with E-state index in [1.165, 1.54) is 5.39 Å². The van der Waals surface area contributed by atoms with Crippen LogP contribution in [0.5, 0.6) is 0 Å². The molecule has 0 unspecified atom stereocenters. The van der Waals surface area contributed by atoms with Gasteiger partial charge in [-0.15, -0.1) is 0 Å². The SMILES string of the molecule is OB(O)c1ccc2c(c1)c1ccccc1n2-c1ccc2ccn(-c3ccccc3)c2c1. The summed E-state index contributed by atoms with van der Waals surface area (Å²) in [4.78, 5) is 0. The number of hydrogen-bond donors (Lipinski definition) is 2. The van der Waals surface area contributed by atoms with E-state index in [9.17, 15) is 10.0 Å². The lowest BCUT2D eigenvalue weighted by molar-refractivity contribution is 0.426. The van der Waals surface area contributed by atoms with E-state index in [1.807, 2.05) is 42.5 Å². The number of nitrogens with zero attached hydrogens (tertiary/aromatic N) is 2. The molecule has 0 aliphatic heterocycles. The molecule has 2 heterocycles. The largest absolute Gasteiger partial charge is 0.488 e. The van der Waals surface area contributed by atoms with Gasteiger partial charge in [0.25, 0.3) is 0 Å². The maximum Gasteiger partial charge on any atom is 0.488 e. The van der Waals surface area contributed by atoms with Crippen LogP contribution in [-0.2, 0) is 0 Å². The van der Waals surface area contributed by atoms with Crippen molar-refractivity contribution < 1.29 is 10.0 Å². The molecule has 0 radical (unpaired) electrons. The van der Waals surface area contributed by atoms with Gasteiger partial charge in [-0.1, -0.05) is 54.6 Å². The topological polar surface area (TPSA) is 50.3 Å². The molecule has 0 spiro atoms. The summed E-state index contributed by atoms with van der Waals surface area (Å²) in [6.45, 7) is 0. The summed E-state index contributed by atoms with van der Waals surface area (Å²) < 4.78 is 4.44. The van der Waals surface area contributed by atoms with Gasteiger partial charge in [0.05, 0.1) is 16.6 Å². The molecule has 4 aromatic carbocycles. The fourth-order valence-corrected chi connectivity index (χ4v) is 4.50. The van der Waals surface area contributed by atoms with E-state index in [0.29, 0.717) is 5.46 Å². The average Bonchev–Trinajstić information content (AvgIpc) is 3.38. The van der Waals surface area contributed by atoms with Crippen LogP contribution in [-0.4, -0.2) is 26.3 Å². The lowest BCUT2D eigenvalue weighted by atomic mass is 9.80. The zero-order valence-corrected chi connectivity index (χ0v) is 16.7. The highest BCUT2D eigenvalue weighted by Gasteiger charge is 2.17. The van der Waals surface area contributed by atoms with Crippen molar-refractivity contribution in [2.75, 3.05) is 0 Å². The fraction of sp³-hybridized carbons (Fsp3) is 0. The Bertz CT molecular complexity index is 1560. The van der Waals surface area contributed by atoms with Crippen molar-refractivity contribution in [1.82, 2.24) is 9.13 Å². The first-order valence-electron chi connectivity index (χ1n) is 10.3. The van der Waals surface area contributed by atoms with Crippen molar-refractivity contribution in [2.24, 2.45) is 0 Å². The molecule has 0 saturated carbocycles. The first-order valence-corrected chi connectivity index (χ1v) is 10.3. The standard InChI is InChI=1S/C26H19BN2O2/c30-27(31)19-11-13-25-23(16-19)22-8-4-5-9-24(22)29(25)21-12-10-18-14-15-28(26(18)17-21)20-6-2-1-3-7-20/h1-17,30-31H. The first-order chi connectivity index (χ1) is 15.2. The van der Waals surface area contributed by atoms with E-state index >= 15 is 0 Å². The van der Waals surface area contributed by atoms with Crippen molar-refractivity contribution in [3.05, 3.63) is 103 Å². The molecule has 2 aromatic heterocycles. The van der Waals surface area contributed by atoms with Gasteiger partial charge in [0, 0.05) is 33.7 Å². The highest BCUT2D eigenvalue weighted by Crippen LogP contribution is 2.33. The van der Waals surface area contributed by atoms with Crippen LogP contribution >= 0.6 is 0 Å². The van der Waals surface area contributed by atoms with E-state index in [1.54, 1.807) is 6.07 Å². The van der Waals surface area contributed by atoms with Crippen LogP contribution in [0.1, 0.15) is 0 Å². The van der Waals surface area contributed by atoms with Crippen molar-refractivity contribution in [2.45, 2.75) is 0 Å². The van der Waals surface area contributed by atoms with Gasteiger partial charge in [-0.25, -0.2) is 0 Å². The van der Waals surface area contributed by atoms with Crippen molar-refractivity contribution >= 4 is 45.3 Å². The molecular formula is C26H19BN2O2. The molecule has 4 nitrogen and oxygen atoms in total. The monoisotopic (exact) mass is 402 g/mol. The Balaban J connectivity index is 1.64.